The Labute approximate surface area is 619 Å². The quantitative estimate of drug-likeness (QED) is 0.0222. The highest BCUT2D eigenvalue weighted by atomic mass is 31.2. The van der Waals surface area contributed by atoms with Crippen LogP contribution < -0.4 is 0 Å². The number of carbonyl (C=O) groups is 4. The molecule has 0 spiro atoms. The van der Waals surface area contributed by atoms with Crippen LogP contribution in [0.1, 0.15) is 421 Å². The van der Waals surface area contributed by atoms with Crippen LogP contribution in [-0.2, 0) is 65.4 Å². The van der Waals surface area contributed by atoms with Gasteiger partial charge in [0.05, 0.1) is 26.4 Å². The van der Waals surface area contributed by atoms with Gasteiger partial charge in [0.2, 0.25) is 0 Å². The van der Waals surface area contributed by atoms with Gasteiger partial charge < -0.3 is 33.8 Å². The molecule has 0 radical (unpaired) electrons. The van der Waals surface area contributed by atoms with Gasteiger partial charge in [-0.05, 0) is 49.4 Å². The Balaban J connectivity index is 5.27. The Hall–Kier alpha value is -1.94. The minimum Gasteiger partial charge on any atom is -0.462 e. The van der Waals surface area contributed by atoms with Gasteiger partial charge in [-0.25, -0.2) is 9.13 Å². The van der Waals surface area contributed by atoms with E-state index < -0.39 is 97.5 Å². The zero-order valence-electron chi connectivity index (χ0n) is 66.5. The lowest BCUT2D eigenvalue weighted by molar-refractivity contribution is -0.161. The maximum atomic E-state index is 13.1. The molecule has 3 unspecified atom stereocenters. The van der Waals surface area contributed by atoms with Crippen molar-refractivity contribution in [3.8, 4) is 0 Å². The average Bonchev–Trinajstić information content (AvgIpc) is 0.926. The molecule has 101 heavy (non-hydrogen) atoms. The van der Waals surface area contributed by atoms with Crippen LogP contribution in [0, 0.1) is 23.7 Å². The lowest BCUT2D eigenvalue weighted by Gasteiger charge is -2.21. The third kappa shape index (κ3) is 74.7. The number of hydrogen-bond acceptors (Lipinski definition) is 15. The summed E-state index contributed by atoms with van der Waals surface area (Å²) in [4.78, 5) is 73.1. The molecular formula is C82H160O17P2. The lowest BCUT2D eigenvalue weighted by atomic mass is 9.99. The molecule has 0 heterocycles. The fourth-order valence-electron chi connectivity index (χ4n) is 12.6. The van der Waals surface area contributed by atoms with Crippen LogP contribution in [0.4, 0.5) is 0 Å². The molecule has 19 heteroatoms. The van der Waals surface area contributed by atoms with Crippen molar-refractivity contribution in [1.82, 2.24) is 0 Å². The first-order chi connectivity index (χ1) is 48.6. The predicted molar refractivity (Wildman–Crippen MR) is 414 cm³/mol. The molecule has 0 fully saturated rings. The van der Waals surface area contributed by atoms with E-state index in [0.717, 1.165) is 114 Å². The van der Waals surface area contributed by atoms with E-state index in [1.807, 2.05) is 0 Å². The topological polar surface area (TPSA) is 237 Å². The number of rotatable bonds is 79. The summed E-state index contributed by atoms with van der Waals surface area (Å²) in [5, 5.41) is 10.7. The average molecular weight is 1480 g/mol. The molecule has 3 N–H and O–H groups in total. The summed E-state index contributed by atoms with van der Waals surface area (Å²) in [6.07, 6.45) is 58.1. The van der Waals surface area contributed by atoms with Crippen LogP contribution in [0.3, 0.4) is 0 Å². The van der Waals surface area contributed by atoms with Gasteiger partial charge in [0.15, 0.2) is 12.2 Å². The number of aliphatic hydroxyl groups excluding tert-OH is 1. The van der Waals surface area contributed by atoms with E-state index in [1.54, 1.807) is 0 Å². The van der Waals surface area contributed by atoms with Crippen molar-refractivity contribution in [3.05, 3.63) is 0 Å². The molecule has 0 rings (SSSR count). The standard InChI is InChI=1S/C82H160O17P2/c1-9-75(8)61-53-45-37-32-33-39-47-55-63-80(85)93-69-78(99-82(87)65-57-49-41-31-25-19-17-22-28-36-44-52-60-74(6)7)71-97-101(90,91)95-67-76(83)66-94-100(88,89)96-70-77(68-92-79(84)62-54-46-38-29-23-18-16-21-27-35-43-51-59-73(4)5)98-81(86)64-56-48-40-30-24-15-13-11-10-12-14-20-26-34-42-50-58-72(2)3/h72-78,83H,9-71H2,1-8H3,(H,88,89)(H,90,91)/t75?,76-,77-,78-/m1/s1. The van der Waals surface area contributed by atoms with Gasteiger partial charge in [-0.3, -0.25) is 37.3 Å². The Kier molecular flexibility index (Phi) is 69.6. The molecule has 0 bridgehead atoms. The SMILES string of the molecule is CCC(C)CCCCCCCCCCC(=O)OC[C@H](COP(=O)(O)OC[C@H](O)COP(=O)(O)OC[C@@H](COC(=O)CCCCCCCCCCCCCCC(C)C)OC(=O)CCCCCCCCCCCCCCCCCCC(C)C)OC(=O)CCCCCCCCCCCCCCC(C)C. The molecule has 0 aliphatic carbocycles. The van der Waals surface area contributed by atoms with Gasteiger partial charge in [0.25, 0.3) is 0 Å². The van der Waals surface area contributed by atoms with Crippen molar-refractivity contribution in [2.24, 2.45) is 23.7 Å². The zero-order chi connectivity index (χ0) is 74.6. The van der Waals surface area contributed by atoms with Crippen molar-refractivity contribution in [1.29, 1.82) is 0 Å². The van der Waals surface area contributed by atoms with E-state index >= 15 is 0 Å². The van der Waals surface area contributed by atoms with Crippen molar-refractivity contribution in [2.45, 2.75) is 440 Å². The molecule has 600 valence electrons. The molecule has 0 aromatic carbocycles. The monoisotopic (exact) mass is 1480 g/mol. The van der Waals surface area contributed by atoms with Crippen LogP contribution >= 0.6 is 15.6 Å². The number of phosphoric ester groups is 2. The number of phosphoric acid groups is 2. The van der Waals surface area contributed by atoms with E-state index in [-0.39, 0.29) is 25.7 Å². The number of carbonyl (C=O) groups excluding carboxylic acids is 4. The van der Waals surface area contributed by atoms with Gasteiger partial charge in [-0.2, -0.15) is 0 Å². The molecule has 0 amide bonds. The van der Waals surface area contributed by atoms with E-state index in [1.165, 1.54) is 225 Å². The van der Waals surface area contributed by atoms with Gasteiger partial charge in [-0.1, -0.05) is 370 Å². The van der Waals surface area contributed by atoms with Gasteiger partial charge in [-0.15, -0.1) is 0 Å². The van der Waals surface area contributed by atoms with Crippen molar-refractivity contribution >= 4 is 39.5 Å². The summed E-state index contributed by atoms with van der Waals surface area (Å²) in [7, 11) is -9.93. The maximum Gasteiger partial charge on any atom is 0.472 e. The number of esters is 4. The molecule has 6 atom stereocenters. The van der Waals surface area contributed by atoms with Crippen molar-refractivity contribution in [2.75, 3.05) is 39.6 Å². The van der Waals surface area contributed by atoms with Crippen LogP contribution in [0.5, 0.6) is 0 Å². The Morgan fingerprint density at radius 3 is 0.703 bits per heavy atom. The largest absolute Gasteiger partial charge is 0.472 e. The first-order valence-corrected chi connectivity index (χ1v) is 45.2. The van der Waals surface area contributed by atoms with Crippen LogP contribution in [0.2, 0.25) is 0 Å². The van der Waals surface area contributed by atoms with E-state index in [0.29, 0.717) is 25.7 Å². The first kappa shape index (κ1) is 99.1. The number of hydrogen-bond donors (Lipinski definition) is 3. The molecule has 0 aliphatic heterocycles. The van der Waals surface area contributed by atoms with Crippen molar-refractivity contribution in [3.63, 3.8) is 0 Å². The number of aliphatic hydroxyl groups is 1. The predicted octanol–water partition coefficient (Wildman–Crippen LogP) is 24.4. The fraction of sp³-hybridized carbons (Fsp3) is 0.951. The highest BCUT2D eigenvalue weighted by Crippen LogP contribution is 2.45. The third-order valence-electron chi connectivity index (χ3n) is 19.4. The number of ether oxygens (including phenoxy) is 4. The zero-order valence-corrected chi connectivity index (χ0v) is 68.3. The van der Waals surface area contributed by atoms with Crippen LogP contribution in [0.25, 0.3) is 0 Å². The van der Waals surface area contributed by atoms with E-state index in [4.69, 9.17) is 37.0 Å². The molecule has 0 saturated heterocycles. The Bertz CT molecular complexity index is 1970. The van der Waals surface area contributed by atoms with Crippen molar-refractivity contribution < 1.29 is 80.2 Å². The highest BCUT2D eigenvalue weighted by Gasteiger charge is 2.30. The van der Waals surface area contributed by atoms with E-state index in [9.17, 15) is 43.2 Å². The highest BCUT2D eigenvalue weighted by molar-refractivity contribution is 7.47. The normalized spacial score (nSPS) is 14.3. The molecule has 0 aromatic rings. The van der Waals surface area contributed by atoms with Gasteiger partial charge in [0.1, 0.15) is 19.3 Å². The minimum absolute atomic E-state index is 0.106. The summed E-state index contributed by atoms with van der Waals surface area (Å²) in [6.45, 7) is 14.3. The molecule has 0 saturated carbocycles. The second kappa shape index (κ2) is 71.0. The molecule has 0 aliphatic rings. The Morgan fingerprint density at radius 2 is 0.475 bits per heavy atom. The van der Waals surface area contributed by atoms with E-state index in [2.05, 4.69) is 55.4 Å². The lowest BCUT2D eigenvalue weighted by Crippen LogP contribution is -2.30. The summed E-state index contributed by atoms with van der Waals surface area (Å²) < 4.78 is 68.8. The summed E-state index contributed by atoms with van der Waals surface area (Å²) >= 11 is 0. The smallest absolute Gasteiger partial charge is 0.462 e. The summed E-state index contributed by atoms with van der Waals surface area (Å²) in [5.41, 5.74) is 0. The summed E-state index contributed by atoms with van der Waals surface area (Å²) in [5.74, 6) is 1.03. The Morgan fingerprint density at radius 1 is 0.277 bits per heavy atom. The first-order valence-electron chi connectivity index (χ1n) is 42.2. The third-order valence-corrected chi connectivity index (χ3v) is 21.3. The van der Waals surface area contributed by atoms with Gasteiger partial charge in [0, 0.05) is 25.7 Å². The maximum absolute atomic E-state index is 13.1. The molecular weight excluding hydrogens is 1320 g/mol. The second-order valence-corrected chi connectivity index (χ2v) is 34.1. The number of unbranched alkanes of at least 4 members (excludes halogenated alkanes) is 44. The second-order valence-electron chi connectivity index (χ2n) is 31.2. The fourth-order valence-corrected chi connectivity index (χ4v) is 14.2. The van der Waals surface area contributed by atoms with Crippen LogP contribution in [-0.4, -0.2) is 96.7 Å². The minimum atomic E-state index is -4.96. The van der Waals surface area contributed by atoms with Crippen LogP contribution in [0.15, 0.2) is 0 Å². The van der Waals surface area contributed by atoms with Gasteiger partial charge >= 0.3 is 39.5 Å². The molecule has 0 aromatic heterocycles. The summed E-state index contributed by atoms with van der Waals surface area (Å²) in [6, 6.07) is 0. The molecule has 17 nitrogen and oxygen atoms in total.